The van der Waals surface area contributed by atoms with E-state index >= 15 is 0 Å². The minimum atomic E-state index is -0.303. The molecule has 0 radical (unpaired) electrons. The molecule has 8 nitrogen and oxygen atoms in total. The predicted molar refractivity (Wildman–Crippen MR) is 133 cm³/mol. The number of hydrogen-bond donors (Lipinski definition) is 2. The molecular weight excluding hydrogens is 512 g/mol. The lowest BCUT2D eigenvalue weighted by atomic mass is 10.1. The van der Waals surface area contributed by atoms with Gasteiger partial charge in [0.05, 0.1) is 23.7 Å². The number of anilines is 1. The number of aromatic nitrogens is 1. The average Bonchev–Trinajstić information content (AvgIpc) is 3.67. The summed E-state index contributed by atoms with van der Waals surface area (Å²) >= 11 is 3.44. The molecule has 178 valence electrons. The normalized spacial score (nSPS) is 15.5. The van der Waals surface area contributed by atoms with Gasteiger partial charge in [0, 0.05) is 22.6 Å². The molecule has 4 amide bonds. The molecule has 1 aromatic heterocycles. The number of carbonyl (C=O) groups excluding carboxylic acids is 3. The second-order valence-corrected chi connectivity index (χ2v) is 9.45. The van der Waals surface area contributed by atoms with E-state index in [-0.39, 0.29) is 37.0 Å². The Morgan fingerprint density at radius 1 is 1.06 bits per heavy atom. The molecule has 35 heavy (non-hydrogen) atoms. The second kappa shape index (κ2) is 9.87. The maximum absolute atomic E-state index is 12.6. The number of imide groups is 1. The lowest BCUT2D eigenvalue weighted by Crippen LogP contribution is -2.34. The molecule has 2 aromatic carbocycles. The van der Waals surface area contributed by atoms with Crippen molar-refractivity contribution in [1.82, 2.24) is 15.2 Å². The van der Waals surface area contributed by atoms with Crippen LogP contribution in [0.2, 0.25) is 0 Å². The van der Waals surface area contributed by atoms with Crippen LogP contribution in [-0.4, -0.2) is 40.9 Å². The van der Waals surface area contributed by atoms with E-state index in [2.05, 4.69) is 31.5 Å². The van der Waals surface area contributed by atoms with Gasteiger partial charge >= 0.3 is 6.03 Å². The van der Waals surface area contributed by atoms with Crippen LogP contribution in [0.4, 0.5) is 10.5 Å². The van der Waals surface area contributed by atoms with Gasteiger partial charge in [-0.2, -0.15) is 0 Å². The zero-order chi connectivity index (χ0) is 24.4. The summed E-state index contributed by atoms with van der Waals surface area (Å²) in [5.74, 6) is 0.379. The van der Waals surface area contributed by atoms with Crippen LogP contribution in [0.15, 0.2) is 71.5 Å². The third-order valence-electron chi connectivity index (χ3n) is 6.04. The van der Waals surface area contributed by atoms with Gasteiger partial charge in [-0.05, 0) is 82.7 Å². The predicted octanol–water partition coefficient (Wildman–Crippen LogP) is 4.79. The Labute approximate surface area is 210 Å². The largest absolute Gasteiger partial charge is 0.492 e. The Bertz CT molecular complexity index is 1240. The van der Waals surface area contributed by atoms with Crippen LogP contribution in [-0.2, 0) is 0 Å². The summed E-state index contributed by atoms with van der Waals surface area (Å²) in [7, 11) is 0. The van der Waals surface area contributed by atoms with Gasteiger partial charge < -0.3 is 15.4 Å². The topological polar surface area (TPSA) is 101 Å². The second-order valence-electron chi connectivity index (χ2n) is 8.53. The van der Waals surface area contributed by atoms with E-state index < -0.39 is 0 Å². The van der Waals surface area contributed by atoms with Crippen LogP contribution < -0.4 is 15.4 Å². The number of pyridine rings is 1. The molecule has 1 saturated carbocycles. The fourth-order valence-electron chi connectivity index (χ4n) is 4.14. The minimum absolute atomic E-state index is 0.0928. The SMILES string of the molecule is O=C(Nc1ccc(OCCN2C(=O)c3ccccc3C2=O)cc1)NC(c1cncc(Br)c1)C1CC1. The smallest absolute Gasteiger partial charge is 0.319 e. The van der Waals surface area contributed by atoms with Crippen LogP contribution in [0.25, 0.3) is 0 Å². The van der Waals surface area contributed by atoms with Gasteiger partial charge in [0.2, 0.25) is 0 Å². The number of ether oxygens (including phenoxy) is 1. The van der Waals surface area contributed by atoms with Gasteiger partial charge in [-0.15, -0.1) is 0 Å². The van der Waals surface area contributed by atoms with E-state index in [4.69, 9.17) is 4.74 Å². The van der Waals surface area contributed by atoms with Crippen molar-refractivity contribution in [3.8, 4) is 5.75 Å². The average molecular weight is 535 g/mol. The first kappa shape index (κ1) is 23.0. The molecule has 5 rings (SSSR count). The monoisotopic (exact) mass is 534 g/mol. The summed E-state index contributed by atoms with van der Waals surface area (Å²) in [4.78, 5) is 42.9. The number of nitrogens with zero attached hydrogens (tertiary/aromatic N) is 2. The van der Waals surface area contributed by atoms with Crippen LogP contribution in [0.3, 0.4) is 0 Å². The number of amides is 4. The highest BCUT2D eigenvalue weighted by Gasteiger charge is 2.35. The molecular formula is C26H23BrN4O4. The van der Waals surface area contributed by atoms with Gasteiger partial charge in [0.15, 0.2) is 0 Å². The van der Waals surface area contributed by atoms with Gasteiger partial charge in [0.25, 0.3) is 11.8 Å². The standard InChI is InChI=1S/C26H23BrN4O4/c27-18-13-17(14-28-15-18)23(16-5-6-16)30-26(34)29-19-7-9-20(10-8-19)35-12-11-31-24(32)21-3-1-2-4-22(21)25(31)33/h1-4,7-10,13-16,23H,5-6,11-12H2,(H2,29,30,34). The molecule has 1 aliphatic heterocycles. The first-order chi connectivity index (χ1) is 17.0. The summed E-state index contributed by atoms with van der Waals surface area (Å²) in [6.45, 7) is 0.324. The summed E-state index contributed by atoms with van der Waals surface area (Å²) < 4.78 is 6.59. The van der Waals surface area contributed by atoms with Crippen LogP contribution in [0, 0.1) is 5.92 Å². The van der Waals surface area contributed by atoms with Crippen molar-refractivity contribution in [2.75, 3.05) is 18.5 Å². The molecule has 0 saturated heterocycles. The molecule has 0 spiro atoms. The number of hydrogen-bond acceptors (Lipinski definition) is 5. The first-order valence-electron chi connectivity index (χ1n) is 11.4. The fourth-order valence-corrected chi connectivity index (χ4v) is 4.52. The van der Waals surface area contributed by atoms with Crippen molar-refractivity contribution >= 4 is 39.5 Å². The van der Waals surface area contributed by atoms with Gasteiger partial charge in [0.1, 0.15) is 12.4 Å². The number of nitrogens with one attached hydrogen (secondary N) is 2. The molecule has 2 heterocycles. The fraction of sp³-hybridized carbons (Fsp3) is 0.231. The van der Waals surface area contributed by atoms with Gasteiger partial charge in [-0.25, -0.2) is 4.79 Å². The quantitative estimate of drug-likeness (QED) is 0.404. The van der Waals surface area contributed by atoms with E-state index in [1.165, 1.54) is 4.90 Å². The Morgan fingerprint density at radius 3 is 2.37 bits per heavy atom. The van der Waals surface area contributed by atoms with Crippen molar-refractivity contribution in [3.63, 3.8) is 0 Å². The maximum atomic E-state index is 12.6. The van der Waals surface area contributed by atoms with E-state index in [1.54, 1.807) is 60.9 Å². The highest BCUT2D eigenvalue weighted by Crippen LogP contribution is 2.41. The Hall–Kier alpha value is -3.72. The van der Waals surface area contributed by atoms with Crippen LogP contribution in [0.1, 0.15) is 45.2 Å². The zero-order valence-corrected chi connectivity index (χ0v) is 20.3. The highest BCUT2D eigenvalue weighted by molar-refractivity contribution is 9.10. The molecule has 1 fully saturated rings. The molecule has 1 aliphatic carbocycles. The minimum Gasteiger partial charge on any atom is -0.492 e. The van der Waals surface area contributed by atoms with Crippen molar-refractivity contribution < 1.29 is 19.1 Å². The molecule has 2 aliphatic rings. The molecule has 1 unspecified atom stereocenters. The first-order valence-corrected chi connectivity index (χ1v) is 12.1. The van der Waals surface area contributed by atoms with E-state index in [9.17, 15) is 14.4 Å². The summed E-state index contributed by atoms with van der Waals surface area (Å²) in [5, 5.41) is 5.91. The molecule has 2 N–H and O–H groups in total. The van der Waals surface area contributed by atoms with Crippen LogP contribution >= 0.6 is 15.9 Å². The molecule has 9 heteroatoms. The summed E-state index contributed by atoms with van der Waals surface area (Å²) in [6, 6.07) is 15.3. The molecule has 3 aromatic rings. The number of fused-ring (bicyclic) bond motifs is 1. The van der Waals surface area contributed by atoms with Crippen molar-refractivity contribution in [2.45, 2.75) is 18.9 Å². The third kappa shape index (κ3) is 5.19. The number of urea groups is 1. The molecule has 1 atom stereocenters. The number of halogens is 1. The maximum Gasteiger partial charge on any atom is 0.319 e. The summed E-state index contributed by atoms with van der Waals surface area (Å²) in [6.07, 6.45) is 5.65. The van der Waals surface area contributed by atoms with E-state index in [0.29, 0.717) is 28.5 Å². The van der Waals surface area contributed by atoms with Crippen molar-refractivity contribution in [1.29, 1.82) is 0 Å². The summed E-state index contributed by atoms with van der Waals surface area (Å²) in [5.41, 5.74) is 2.44. The number of carbonyl (C=O) groups is 3. The van der Waals surface area contributed by atoms with Crippen molar-refractivity contribution in [2.24, 2.45) is 5.92 Å². The highest BCUT2D eigenvalue weighted by atomic mass is 79.9. The van der Waals surface area contributed by atoms with Crippen molar-refractivity contribution in [3.05, 3.63) is 88.2 Å². The zero-order valence-electron chi connectivity index (χ0n) is 18.7. The Kier molecular flexibility index (Phi) is 6.50. The molecule has 0 bridgehead atoms. The van der Waals surface area contributed by atoms with Gasteiger partial charge in [-0.3, -0.25) is 19.5 Å². The lowest BCUT2D eigenvalue weighted by Gasteiger charge is -2.19. The van der Waals surface area contributed by atoms with Crippen LogP contribution in [0.5, 0.6) is 5.75 Å². The third-order valence-corrected chi connectivity index (χ3v) is 6.47. The number of benzene rings is 2. The number of rotatable bonds is 8. The van der Waals surface area contributed by atoms with E-state index in [0.717, 1.165) is 22.9 Å². The Balaban J connectivity index is 1.12. The van der Waals surface area contributed by atoms with Gasteiger partial charge in [-0.1, -0.05) is 12.1 Å². The van der Waals surface area contributed by atoms with E-state index in [1.807, 2.05) is 6.07 Å². The Morgan fingerprint density at radius 2 is 1.74 bits per heavy atom. The lowest BCUT2D eigenvalue weighted by molar-refractivity contribution is 0.0631.